The molecule has 120 valence electrons. The van der Waals surface area contributed by atoms with E-state index in [0.29, 0.717) is 0 Å². The molecule has 0 atom stereocenters. The maximum absolute atomic E-state index is 13.5. The van der Waals surface area contributed by atoms with Crippen LogP contribution >= 0.6 is 0 Å². The summed E-state index contributed by atoms with van der Waals surface area (Å²) >= 11 is 0. The normalized spacial score (nSPS) is 11.5. The van der Waals surface area contributed by atoms with E-state index in [1.54, 1.807) is 6.21 Å². The molecule has 0 fully saturated rings. The second kappa shape index (κ2) is 8.17. The molecule has 0 aliphatic heterocycles. The Morgan fingerprint density at radius 1 is 0.957 bits per heavy atom. The van der Waals surface area contributed by atoms with Gasteiger partial charge in [0.2, 0.25) is 0 Å². The molecule has 2 rings (SSSR count). The number of hydrogen-bond acceptors (Lipinski definition) is 3. The highest BCUT2D eigenvalue weighted by Gasteiger charge is 2.10. The first-order chi connectivity index (χ1) is 11.1. The standard InChI is InChI=1S/C18H18F2N2O/c1-3-4-13-5-7-14(8-6-13)11-21-22-12-15-9-16(19)18(23-2)17(20)10-15/h5-12H,3-4H2,1-2H3/b21-11+,22-12+. The summed E-state index contributed by atoms with van der Waals surface area (Å²) in [5.41, 5.74) is 2.46. The van der Waals surface area contributed by atoms with E-state index in [9.17, 15) is 8.78 Å². The lowest BCUT2D eigenvalue weighted by molar-refractivity contribution is 0.360. The first-order valence-electron chi connectivity index (χ1n) is 7.32. The molecule has 0 unspecified atom stereocenters. The molecule has 5 heteroatoms. The summed E-state index contributed by atoms with van der Waals surface area (Å²) in [4.78, 5) is 0. The molecule has 0 bridgehead atoms. The molecule has 0 aliphatic rings. The molecule has 2 aromatic carbocycles. The van der Waals surface area contributed by atoms with Gasteiger partial charge in [-0.15, -0.1) is 0 Å². The van der Waals surface area contributed by atoms with Gasteiger partial charge in [-0.25, -0.2) is 8.78 Å². The summed E-state index contributed by atoms with van der Waals surface area (Å²) in [6.07, 6.45) is 5.02. The largest absolute Gasteiger partial charge is 0.491 e. The Morgan fingerprint density at radius 2 is 1.52 bits per heavy atom. The van der Waals surface area contributed by atoms with Gasteiger partial charge in [-0.05, 0) is 29.7 Å². The van der Waals surface area contributed by atoms with E-state index in [-0.39, 0.29) is 5.56 Å². The number of methoxy groups -OCH3 is 1. The van der Waals surface area contributed by atoms with Crippen LogP contribution in [0.15, 0.2) is 46.6 Å². The quantitative estimate of drug-likeness (QED) is 0.575. The zero-order valence-electron chi connectivity index (χ0n) is 13.1. The van der Waals surface area contributed by atoms with Crippen LogP contribution in [0.1, 0.15) is 30.0 Å². The van der Waals surface area contributed by atoms with Gasteiger partial charge in [-0.2, -0.15) is 10.2 Å². The highest BCUT2D eigenvalue weighted by molar-refractivity contribution is 5.82. The highest BCUT2D eigenvalue weighted by atomic mass is 19.1. The van der Waals surface area contributed by atoms with Gasteiger partial charge >= 0.3 is 0 Å². The van der Waals surface area contributed by atoms with Crippen molar-refractivity contribution in [2.24, 2.45) is 10.2 Å². The third-order valence-corrected chi connectivity index (χ3v) is 3.22. The van der Waals surface area contributed by atoms with Crippen LogP contribution in [0.2, 0.25) is 0 Å². The maximum atomic E-state index is 13.5. The smallest absolute Gasteiger partial charge is 0.190 e. The SMILES string of the molecule is CCCc1ccc(/C=N/N=C/c2cc(F)c(OC)c(F)c2)cc1. The number of aryl methyl sites for hydroxylation is 1. The molecule has 0 spiro atoms. The van der Waals surface area contributed by atoms with E-state index in [4.69, 9.17) is 0 Å². The molecule has 0 saturated heterocycles. The summed E-state index contributed by atoms with van der Waals surface area (Å²) in [7, 11) is 1.21. The van der Waals surface area contributed by atoms with Crippen molar-refractivity contribution in [1.82, 2.24) is 0 Å². The summed E-state index contributed by atoms with van der Waals surface area (Å²) in [6.45, 7) is 2.13. The zero-order valence-corrected chi connectivity index (χ0v) is 13.1. The zero-order chi connectivity index (χ0) is 16.7. The molecule has 0 saturated carbocycles. The second-order valence-corrected chi connectivity index (χ2v) is 5.00. The van der Waals surface area contributed by atoms with Gasteiger partial charge in [-0.3, -0.25) is 0 Å². The Hall–Kier alpha value is -2.56. The van der Waals surface area contributed by atoms with Crippen LogP contribution in [0.4, 0.5) is 8.78 Å². The van der Waals surface area contributed by atoms with Crippen molar-refractivity contribution in [3.8, 4) is 5.75 Å². The Kier molecular flexibility index (Phi) is 5.97. The fourth-order valence-corrected chi connectivity index (χ4v) is 2.11. The third-order valence-electron chi connectivity index (χ3n) is 3.22. The number of halogens is 2. The van der Waals surface area contributed by atoms with E-state index in [1.807, 2.05) is 24.3 Å². The van der Waals surface area contributed by atoms with E-state index >= 15 is 0 Å². The monoisotopic (exact) mass is 316 g/mol. The Bertz CT molecular complexity index is 686. The summed E-state index contributed by atoms with van der Waals surface area (Å²) in [6, 6.07) is 10.3. The van der Waals surface area contributed by atoms with Gasteiger partial charge in [0.15, 0.2) is 17.4 Å². The Labute approximate surface area is 134 Å². The summed E-state index contributed by atoms with van der Waals surface area (Å²) in [5.74, 6) is -1.95. The van der Waals surface area contributed by atoms with Crippen LogP contribution in [-0.4, -0.2) is 19.5 Å². The van der Waals surface area contributed by atoms with Gasteiger partial charge in [0, 0.05) is 5.56 Å². The van der Waals surface area contributed by atoms with Gasteiger partial charge in [0.05, 0.1) is 19.5 Å². The van der Waals surface area contributed by atoms with E-state index in [0.717, 1.165) is 30.5 Å². The average Bonchev–Trinajstić information content (AvgIpc) is 2.53. The van der Waals surface area contributed by atoms with Crippen LogP contribution in [0, 0.1) is 11.6 Å². The van der Waals surface area contributed by atoms with Crippen LogP contribution in [0.25, 0.3) is 0 Å². The van der Waals surface area contributed by atoms with Gasteiger partial charge in [0.1, 0.15) is 0 Å². The Balaban J connectivity index is 2.03. The first kappa shape index (κ1) is 16.8. The summed E-state index contributed by atoms with van der Waals surface area (Å²) < 4.78 is 31.7. The fourth-order valence-electron chi connectivity index (χ4n) is 2.11. The average molecular weight is 316 g/mol. The molecule has 0 amide bonds. The molecule has 0 aromatic heterocycles. The van der Waals surface area contributed by atoms with Crippen molar-refractivity contribution in [1.29, 1.82) is 0 Å². The lowest BCUT2D eigenvalue weighted by Crippen LogP contribution is -1.95. The fraction of sp³-hybridized carbons (Fsp3) is 0.222. The minimum Gasteiger partial charge on any atom is -0.491 e. The van der Waals surface area contributed by atoms with E-state index in [1.165, 1.54) is 18.9 Å². The predicted octanol–water partition coefficient (Wildman–Crippen LogP) is 4.38. The number of rotatable bonds is 6. The van der Waals surface area contributed by atoms with Gasteiger partial charge in [-0.1, -0.05) is 37.6 Å². The highest BCUT2D eigenvalue weighted by Crippen LogP contribution is 2.21. The minimum absolute atomic E-state index is 0.274. The number of nitrogens with zero attached hydrogens (tertiary/aromatic N) is 2. The van der Waals surface area contributed by atoms with Crippen molar-refractivity contribution in [3.63, 3.8) is 0 Å². The van der Waals surface area contributed by atoms with Crippen LogP contribution in [-0.2, 0) is 6.42 Å². The molecular weight excluding hydrogens is 298 g/mol. The van der Waals surface area contributed by atoms with Crippen molar-refractivity contribution < 1.29 is 13.5 Å². The summed E-state index contributed by atoms with van der Waals surface area (Å²) in [5, 5.41) is 7.69. The lowest BCUT2D eigenvalue weighted by atomic mass is 10.1. The number of benzene rings is 2. The first-order valence-corrected chi connectivity index (χ1v) is 7.32. The van der Waals surface area contributed by atoms with Crippen molar-refractivity contribution >= 4 is 12.4 Å². The van der Waals surface area contributed by atoms with E-state index < -0.39 is 17.4 Å². The lowest BCUT2D eigenvalue weighted by Gasteiger charge is -2.03. The minimum atomic E-state index is -0.774. The molecule has 0 N–H and O–H groups in total. The van der Waals surface area contributed by atoms with Crippen molar-refractivity contribution in [2.45, 2.75) is 19.8 Å². The molecular formula is C18H18F2N2O. The Morgan fingerprint density at radius 3 is 2.04 bits per heavy atom. The van der Waals surface area contributed by atoms with Crippen molar-refractivity contribution in [2.75, 3.05) is 7.11 Å². The third kappa shape index (κ3) is 4.71. The molecule has 0 radical (unpaired) electrons. The molecule has 0 heterocycles. The molecule has 3 nitrogen and oxygen atoms in total. The van der Waals surface area contributed by atoms with Crippen molar-refractivity contribution in [3.05, 3.63) is 64.7 Å². The predicted molar refractivity (Wildman–Crippen MR) is 88.5 cm³/mol. The molecule has 2 aromatic rings. The number of hydrogen-bond donors (Lipinski definition) is 0. The molecule has 0 aliphatic carbocycles. The molecule has 23 heavy (non-hydrogen) atoms. The second-order valence-electron chi connectivity index (χ2n) is 5.00. The topological polar surface area (TPSA) is 34.0 Å². The number of ether oxygens (including phenoxy) is 1. The van der Waals surface area contributed by atoms with Gasteiger partial charge in [0.25, 0.3) is 0 Å². The van der Waals surface area contributed by atoms with Gasteiger partial charge < -0.3 is 4.74 Å². The van der Waals surface area contributed by atoms with Crippen LogP contribution < -0.4 is 4.74 Å². The van der Waals surface area contributed by atoms with Crippen LogP contribution in [0.5, 0.6) is 5.75 Å². The van der Waals surface area contributed by atoms with E-state index in [2.05, 4.69) is 21.9 Å². The maximum Gasteiger partial charge on any atom is 0.190 e. The van der Waals surface area contributed by atoms with Crippen LogP contribution in [0.3, 0.4) is 0 Å².